The van der Waals surface area contributed by atoms with Gasteiger partial charge in [0.1, 0.15) is 0 Å². The molecule has 5 nitrogen and oxygen atoms in total. The second kappa shape index (κ2) is 5.72. The fourth-order valence-corrected chi connectivity index (χ4v) is 3.67. The molecule has 88 valence electrons. The summed E-state index contributed by atoms with van der Waals surface area (Å²) < 4.78 is 25.1. The van der Waals surface area contributed by atoms with E-state index in [1.54, 1.807) is 11.8 Å². The van der Waals surface area contributed by atoms with Gasteiger partial charge in [0.15, 0.2) is 0 Å². The first-order chi connectivity index (χ1) is 6.99. The molecule has 7 heteroatoms. The van der Waals surface area contributed by atoms with E-state index in [-0.39, 0.29) is 12.2 Å². The number of rotatable bonds is 6. The number of nitrogens with one attached hydrogen (secondary N) is 1. The molecular weight excluding hydrogens is 238 g/mol. The lowest BCUT2D eigenvalue weighted by atomic mass is 10.2. The number of carboxylic acids is 1. The van der Waals surface area contributed by atoms with Crippen LogP contribution in [0.5, 0.6) is 0 Å². The second-order valence-corrected chi connectivity index (χ2v) is 6.78. The fraction of sp³-hybridized carbons (Fsp3) is 0.875. The summed E-state index contributed by atoms with van der Waals surface area (Å²) in [5, 5.41) is 8.71. The third-order valence-electron chi connectivity index (χ3n) is 2.14. The molecule has 15 heavy (non-hydrogen) atoms. The molecule has 0 radical (unpaired) electrons. The average molecular weight is 253 g/mol. The third kappa shape index (κ3) is 5.39. The first kappa shape index (κ1) is 12.8. The summed E-state index contributed by atoms with van der Waals surface area (Å²) in [6.45, 7) is 0.423. The highest BCUT2D eigenvalue weighted by Crippen LogP contribution is 2.25. The van der Waals surface area contributed by atoms with E-state index in [2.05, 4.69) is 4.72 Å². The minimum absolute atomic E-state index is 0.334. The monoisotopic (exact) mass is 253 g/mol. The van der Waals surface area contributed by atoms with Crippen molar-refractivity contribution in [3.63, 3.8) is 0 Å². The first-order valence-corrected chi connectivity index (χ1v) is 7.50. The summed E-state index contributed by atoms with van der Waals surface area (Å²) in [7, 11) is -3.41. The van der Waals surface area contributed by atoms with Crippen molar-refractivity contribution in [3.05, 3.63) is 0 Å². The molecule has 2 N–H and O–H groups in total. The Hall–Kier alpha value is -0.270. The summed E-state index contributed by atoms with van der Waals surface area (Å²) in [5.74, 6) is -0.336. The Balaban J connectivity index is 2.26. The van der Waals surface area contributed by atoms with E-state index in [1.165, 1.54) is 0 Å². The minimum Gasteiger partial charge on any atom is -0.481 e. The quantitative estimate of drug-likeness (QED) is 0.710. The van der Waals surface area contributed by atoms with E-state index in [0.717, 1.165) is 18.6 Å². The normalized spacial score (nSPS) is 21.7. The number of hydrogen-bond donors (Lipinski definition) is 2. The van der Waals surface area contributed by atoms with Gasteiger partial charge in [-0.2, -0.15) is 11.8 Å². The molecule has 0 bridgehead atoms. The first-order valence-electron chi connectivity index (χ1n) is 4.80. The summed E-state index contributed by atoms with van der Waals surface area (Å²) in [6, 6.07) is 0. The van der Waals surface area contributed by atoms with Crippen LogP contribution in [0.4, 0.5) is 0 Å². The van der Waals surface area contributed by atoms with Gasteiger partial charge >= 0.3 is 5.97 Å². The van der Waals surface area contributed by atoms with Crippen LogP contribution in [-0.2, 0) is 14.8 Å². The maximum Gasteiger partial charge on any atom is 0.304 e. The average Bonchev–Trinajstić information content (AvgIpc) is 2.65. The fourth-order valence-electron chi connectivity index (χ4n) is 1.32. The molecule has 1 unspecified atom stereocenters. The number of sulfonamides is 1. The lowest BCUT2D eigenvalue weighted by Crippen LogP contribution is -2.32. The molecule has 0 saturated carbocycles. The van der Waals surface area contributed by atoms with Crippen molar-refractivity contribution in [2.24, 2.45) is 0 Å². The molecule has 1 aliphatic rings. The van der Waals surface area contributed by atoms with Crippen molar-refractivity contribution < 1.29 is 18.3 Å². The molecule has 1 saturated heterocycles. The third-order valence-corrected chi connectivity index (χ3v) is 4.89. The van der Waals surface area contributed by atoms with Gasteiger partial charge in [0, 0.05) is 11.8 Å². The highest BCUT2D eigenvalue weighted by Gasteiger charge is 2.19. The van der Waals surface area contributed by atoms with E-state index in [4.69, 9.17) is 5.11 Å². The van der Waals surface area contributed by atoms with Gasteiger partial charge in [-0.05, 0) is 18.6 Å². The van der Waals surface area contributed by atoms with Crippen LogP contribution >= 0.6 is 11.8 Å². The van der Waals surface area contributed by atoms with Crippen molar-refractivity contribution in [1.29, 1.82) is 0 Å². The number of aliphatic carboxylic acids is 1. The molecule has 0 aromatic heterocycles. The molecule has 0 aliphatic carbocycles. The summed E-state index contributed by atoms with van der Waals surface area (Å²) in [6.07, 6.45) is 1.82. The van der Waals surface area contributed by atoms with Crippen LogP contribution in [0.25, 0.3) is 0 Å². The zero-order valence-corrected chi connectivity index (χ0v) is 9.94. The van der Waals surface area contributed by atoms with Crippen LogP contribution in [0.15, 0.2) is 0 Å². The van der Waals surface area contributed by atoms with Crippen LogP contribution in [-0.4, -0.2) is 42.8 Å². The van der Waals surface area contributed by atoms with E-state index in [1.807, 2.05) is 0 Å². The molecule has 1 aliphatic heterocycles. The van der Waals surface area contributed by atoms with Crippen LogP contribution in [0, 0.1) is 0 Å². The molecule has 1 heterocycles. The molecule has 1 rings (SSSR count). The van der Waals surface area contributed by atoms with Crippen molar-refractivity contribution in [1.82, 2.24) is 4.72 Å². The van der Waals surface area contributed by atoms with E-state index in [0.29, 0.717) is 11.8 Å². The van der Waals surface area contributed by atoms with Gasteiger partial charge in [0.25, 0.3) is 0 Å². The number of thioether (sulfide) groups is 1. The van der Waals surface area contributed by atoms with E-state index < -0.39 is 16.0 Å². The van der Waals surface area contributed by atoms with Crippen LogP contribution < -0.4 is 4.72 Å². The van der Waals surface area contributed by atoms with E-state index >= 15 is 0 Å². The standard InChI is InChI=1S/C8H15NO4S2/c10-8(11)3-5-15(12,13)9-6-7-2-1-4-14-7/h7,9H,1-6H2,(H,10,11). The van der Waals surface area contributed by atoms with Crippen molar-refractivity contribution in [2.75, 3.05) is 18.1 Å². The second-order valence-electron chi connectivity index (χ2n) is 3.45. The van der Waals surface area contributed by atoms with Crippen molar-refractivity contribution >= 4 is 27.8 Å². The predicted molar refractivity (Wildman–Crippen MR) is 59.5 cm³/mol. The zero-order valence-electron chi connectivity index (χ0n) is 8.31. The Bertz CT molecular complexity index is 309. The van der Waals surface area contributed by atoms with Crippen molar-refractivity contribution in [2.45, 2.75) is 24.5 Å². The zero-order chi connectivity index (χ0) is 11.3. The Morgan fingerprint density at radius 3 is 2.80 bits per heavy atom. The van der Waals surface area contributed by atoms with Gasteiger partial charge in [-0.3, -0.25) is 4.79 Å². The Kier molecular flexibility index (Phi) is 4.88. The highest BCUT2D eigenvalue weighted by atomic mass is 32.2. The Morgan fingerprint density at radius 1 is 1.53 bits per heavy atom. The summed E-state index contributed by atoms with van der Waals surface area (Å²) in [4.78, 5) is 10.2. The molecule has 0 aromatic carbocycles. The number of carboxylic acid groups (broad SMARTS) is 1. The predicted octanol–water partition coefficient (Wildman–Crippen LogP) is 0.276. The van der Waals surface area contributed by atoms with Crippen LogP contribution in [0.3, 0.4) is 0 Å². The Morgan fingerprint density at radius 2 is 2.27 bits per heavy atom. The van der Waals surface area contributed by atoms with Gasteiger partial charge in [-0.1, -0.05) is 0 Å². The van der Waals surface area contributed by atoms with E-state index in [9.17, 15) is 13.2 Å². The lowest BCUT2D eigenvalue weighted by molar-refractivity contribution is -0.136. The molecule has 1 atom stereocenters. The smallest absolute Gasteiger partial charge is 0.304 e. The van der Waals surface area contributed by atoms with Gasteiger partial charge in [0.2, 0.25) is 10.0 Å². The van der Waals surface area contributed by atoms with Crippen LogP contribution in [0.1, 0.15) is 19.3 Å². The molecule has 0 spiro atoms. The lowest BCUT2D eigenvalue weighted by Gasteiger charge is -2.09. The topological polar surface area (TPSA) is 83.5 Å². The SMILES string of the molecule is O=C(O)CCS(=O)(=O)NCC1CCCS1. The van der Waals surface area contributed by atoms with Gasteiger partial charge in [-0.25, -0.2) is 13.1 Å². The Labute approximate surface area is 93.7 Å². The minimum atomic E-state index is -3.41. The molecule has 0 amide bonds. The molecular formula is C8H15NO4S2. The molecule has 1 fully saturated rings. The maximum atomic E-state index is 11.3. The molecule has 0 aromatic rings. The maximum absolute atomic E-state index is 11.3. The summed E-state index contributed by atoms with van der Waals surface area (Å²) in [5.41, 5.74) is 0. The van der Waals surface area contributed by atoms with Gasteiger partial charge < -0.3 is 5.11 Å². The number of carbonyl (C=O) groups is 1. The summed E-state index contributed by atoms with van der Waals surface area (Å²) >= 11 is 1.76. The van der Waals surface area contributed by atoms with Gasteiger partial charge in [0.05, 0.1) is 12.2 Å². The van der Waals surface area contributed by atoms with Crippen LogP contribution in [0.2, 0.25) is 0 Å². The largest absolute Gasteiger partial charge is 0.481 e. The van der Waals surface area contributed by atoms with Gasteiger partial charge in [-0.15, -0.1) is 0 Å². The van der Waals surface area contributed by atoms with Crippen molar-refractivity contribution in [3.8, 4) is 0 Å². The highest BCUT2D eigenvalue weighted by molar-refractivity contribution is 8.00. The number of hydrogen-bond acceptors (Lipinski definition) is 4.